The van der Waals surface area contributed by atoms with E-state index in [2.05, 4.69) is 25.2 Å². The lowest BCUT2D eigenvalue weighted by Gasteiger charge is -2.30. The molecule has 1 aliphatic rings. The Morgan fingerprint density at radius 1 is 0.978 bits per heavy atom. The second-order valence-electron chi connectivity index (χ2n) is 10.9. The Kier molecular flexibility index (Phi) is 8.14. The van der Waals surface area contributed by atoms with Crippen molar-refractivity contribution in [2.24, 2.45) is 0 Å². The number of benzene rings is 4. The van der Waals surface area contributed by atoms with Gasteiger partial charge < -0.3 is 19.7 Å². The lowest BCUT2D eigenvalue weighted by atomic mass is 9.97. The van der Waals surface area contributed by atoms with Gasteiger partial charge >= 0.3 is 0 Å². The van der Waals surface area contributed by atoms with Gasteiger partial charge in [-0.05, 0) is 72.4 Å². The van der Waals surface area contributed by atoms with Crippen molar-refractivity contribution >= 4 is 38.1 Å². The molecular weight excluding hydrogens is 626 g/mol. The number of fused-ring (bicyclic) bond motifs is 3. The number of sulfonamides is 1. The van der Waals surface area contributed by atoms with Crippen LogP contribution >= 0.6 is 11.6 Å². The van der Waals surface area contributed by atoms with Gasteiger partial charge in [0, 0.05) is 41.1 Å². The first kappa shape index (κ1) is 29.9. The normalized spacial score (nSPS) is 14.7. The van der Waals surface area contributed by atoms with Gasteiger partial charge in [-0.25, -0.2) is 8.42 Å². The van der Waals surface area contributed by atoms with E-state index in [0.717, 1.165) is 33.9 Å². The van der Waals surface area contributed by atoms with Gasteiger partial charge in [0.1, 0.15) is 5.75 Å². The number of hydrogen-bond donors (Lipinski definition) is 3. The lowest BCUT2D eigenvalue weighted by molar-refractivity contribution is 0.147. The number of aromatic nitrogens is 3. The van der Waals surface area contributed by atoms with Gasteiger partial charge in [-0.15, -0.1) is 0 Å². The Bertz CT molecular complexity index is 2110. The first-order valence-corrected chi connectivity index (χ1v) is 16.4. The van der Waals surface area contributed by atoms with Crippen molar-refractivity contribution < 1.29 is 22.8 Å². The van der Waals surface area contributed by atoms with Crippen molar-refractivity contribution in [1.82, 2.24) is 20.4 Å². The molecule has 1 aliphatic heterocycles. The number of hydrogen-bond acceptors (Lipinski definition) is 9. The molecule has 0 saturated carbocycles. The molecule has 2 atom stereocenters. The van der Waals surface area contributed by atoms with Crippen LogP contribution < -0.4 is 14.8 Å². The Morgan fingerprint density at radius 2 is 1.78 bits per heavy atom. The molecule has 0 spiro atoms. The van der Waals surface area contributed by atoms with E-state index in [4.69, 9.17) is 20.9 Å². The third-order valence-corrected chi connectivity index (χ3v) is 9.49. The van der Waals surface area contributed by atoms with Crippen LogP contribution in [0.15, 0.2) is 113 Å². The second-order valence-corrected chi connectivity index (χ2v) is 12.9. The fourth-order valence-electron chi connectivity index (χ4n) is 5.32. The second kappa shape index (κ2) is 12.5. The molecule has 3 heterocycles. The van der Waals surface area contributed by atoms with Gasteiger partial charge in [0.2, 0.25) is 11.9 Å². The molecule has 10 nitrogen and oxygen atoms in total. The number of ether oxygens (including phenoxy) is 1. The molecule has 2 aromatic heterocycles. The SMILES string of the molecule is O=S(=O)(Nc1ccc(CCNCC(O)c2cccnc2)cc1)c1ccc(-c2noc(C3Oc4c3c(Cl)cc3ccccc43)n2)cc1. The van der Waals surface area contributed by atoms with Crippen LogP contribution in [0.25, 0.3) is 22.2 Å². The van der Waals surface area contributed by atoms with E-state index in [1.807, 2.05) is 48.5 Å². The third-order valence-electron chi connectivity index (χ3n) is 7.78. The molecule has 2 unspecified atom stereocenters. The minimum atomic E-state index is -3.84. The zero-order valence-corrected chi connectivity index (χ0v) is 25.9. The van der Waals surface area contributed by atoms with Gasteiger partial charge in [-0.3, -0.25) is 9.71 Å². The highest BCUT2D eigenvalue weighted by Crippen LogP contribution is 2.50. The minimum absolute atomic E-state index is 0.0929. The van der Waals surface area contributed by atoms with Gasteiger partial charge in [-0.1, -0.05) is 59.2 Å². The molecule has 7 rings (SSSR count). The molecule has 0 aliphatic carbocycles. The van der Waals surface area contributed by atoms with Crippen LogP contribution in [-0.4, -0.2) is 41.7 Å². The predicted molar refractivity (Wildman–Crippen MR) is 174 cm³/mol. The summed E-state index contributed by atoms with van der Waals surface area (Å²) in [6.45, 7) is 1.06. The standard InChI is InChI=1S/C34H28ClN5O5S/c35-28-18-23-4-1-2-6-27(23)31-30(28)32(44-31)34-38-33(39-45-34)22-9-13-26(14-10-22)46(42,43)40-25-11-7-21(8-12-25)15-17-37-20-29(41)24-5-3-16-36-19-24/h1-14,16,18-19,29,32,37,40-41H,15,17,20H2. The maximum atomic E-state index is 13.1. The maximum Gasteiger partial charge on any atom is 0.272 e. The minimum Gasteiger partial charge on any atom is -0.474 e. The number of nitrogens with zero attached hydrogens (tertiary/aromatic N) is 3. The van der Waals surface area contributed by atoms with Crippen LogP contribution in [0.4, 0.5) is 5.69 Å². The molecule has 0 radical (unpaired) electrons. The van der Waals surface area contributed by atoms with Crippen LogP contribution in [-0.2, 0) is 16.4 Å². The van der Waals surface area contributed by atoms with Crippen LogP contribution in [0.5, 0.6) is 5.75 Å². The summed E-state index contributed by atoms with van der Waals surface area (Å²) in [5.74, 6) is 1.27. The largest absolute Gasteiger partial charge is 0.474 e. The zero-order valence-electron chi connectivity index (χ0n) is 24.3. The summed E-state index contributed by atoms with van der Waals surface area (Å²) in [6, 6.07) is 26.8. The highest BCUT2D eigenvalue weighted by Gasteiger charge is 2.38. The highest BCUT2D eigenvalue weighted by atomic mass is 35.5. The molecule has 0 bridgehead atoms. The topological polar surface area (TPSA) is 139 Å². The quantitative estimate of drug-likeness (QED) is 0.142. The first-order valence-electron chi connectivity index (χ1n) is 14.6. The van der Waals surface area contributed by atoms with Crippen LogP contribution in [0.1, 0.15) is 34.8 Å². The Labute approximate surface area is 270 Å². The number of aliphatic hydroxyl groups is 1. The van der Waals surface area contributed by atoms with Crippen LogP contribution in [0.3, 0.4) is 0 Å². The van der Waals surface area contributed by atoms with E-state index in [1.165, 1.54) is 12.1 Å². The number of anilines is 1. The average Bonchev–Trinajstić information content (AvgIpc) is 3.53. The Balaban J connectivity index is 0.951. The van der Waals surface area contributed by atoms with E-state index in [0.29, 0.717) is 40.9 Å². The Hall–Kier alpha value is -4.81. The lowest BCUT2D eigenvalue weighted by Crippen LogP contribution is -2.23. The van der Waals surface area contributed by atoms with Crippen molar-refractivity contribution in [1.29, 1.82) is 0 Å². The molecular formula is C34H28ClN5O5S. The molecule has 46 heavy (non-hydrogen) atoms. The van der Waals surface area contributed by atoms with E-state index in [1.54, 1.807) is 42.7 Å². The molecule has 0 fully saturated rings. The van der Waals surface area contributed by atoms with Crippen molar-refractivity contribution in [2.75, 3.05) is 17.8 Å². The number of aliphatic hydroxyl groups excluding tert-OH is 1. The molecule has 6 aromatic rings. The Morgan fingerprint density at radius 3 is 2.57 bits per heavy atom. The monoisotopic (exact) mass is 653 g/mol. The van der Waals surface area contributed by atoms with Gasteiger partial charge in [-0.2, -0.15) is 4.98 Å². The summed E-state index contributed by atoms with van der Waals surface area (Å²) in [5, 5.41) is 20.1. The van der Waals surface area contributed by atoms with Gasteiger partial charge in [0.05, 0.1) is 21.6 Å². The third kappa shape index (κ3) is 6.05. The fraction of sp³-hybridized carbons (Fsp3) is 0.147. The van der Waals surface area contributed by atoms with E-state index in [-0.39, 0.29) is 10.8 Å². The zero-order chi connectivity index (χ0) is 31.7. The number of rotatable bonds is 11. The summed E-state index contributed by atoms with van der Waals surface area (Å²) in [6.07, 6.45) is 2.82. The molecule has 232 valence electrons. The first-order chi connectivity index (χ1) is 22.4. The number of nitrogens with one attached hydrogen (secondary N) is 2. The summed E-state index contributed by atoms with van der Waals surface area (Å²) >= 11 is 6.55. The van der Waals surface area contributed by atoms with Crippen molar-refractivity contribution in [3.8, 4) is 17.1 Å². The van der Waals surface area contributed by atoms with E-state index < -0.39 is 22.2 Å². The van der Waals surface area contributed by atoms with Crippen LogP contribution in [0, 0.1) is 0 Å². The molecule has 4 aromatic carbocycles. The van der Waals surface area contributed by atoms with E-state index in [9.17, 15) is 13.5 Å². The summed E-state index contributed by atoms with van der Waals surface area (Å²) < 4.78 is 40.3. The highest BCUT2D eigenvalue weighted by molar-refractivity contribution is 7.92. The van der Waals surface area contributed by atoms with Crippen molar-refractivity contribution in [3.05, 3.63) is 131 Å². The predicted octanol–water partition coefficient (Wildman–Crippen LogP) is 6.09. The van der Waals surface area contributed by atoms with Crippen molar-refractivity contribution in [3.63, 3.8) is 0 Å². The van der Waals surface area contributed by atoms with Gasteiger partial charge in [0.25, 0.3) is 15.9 Å². The van der Waals surface area contributed by atoms with E-state index >= 15 is 0 Å². The van der Waals surface area contributed by atoms with Crippen LogP contribution in [0.2, 0.25) is 5.02 Å². The molecule has 0 saturated heterocycles. The van der Waals surface area contributed by atoms with Crippen molar-refractivity contribution in [2.45, 2.75) is 23.5 Å². The summed E-state index contributed by atoms with van der Waals surface area (Å²) in [4.78, 5) is 8.61. The molecule has 12 heteroatoms. The smallest absolute Gasteiger partial charge is 0.272 e. The number of halogens is 1. The molecule has 0 amide bonds. The fourth-order valence-corrected chi connectivity index (χ4v) is 6.68. The van der Waals surface area contributed by atoms with Gasteiger partial charge in [0.15, 0.2) is 0 Å². The maximum absolute atomic E-state index is 13.1. The molecule has 3 N–H and O–H groups in total. The summed E-state index contributed by atoms with van der Waals surface area (Å²) in [5.41, 5.74) is 3.62. The summed E-state index contributed by atoms with van der Waals surface area (Å²) in [7, 11) is -3.84. The average molecular weight is 654 g/mol. The number of pyridine rings is 1.